The lowest BCUT2D eigenvalue weighted by atomic mass is 10.1. The Labute approximate surface area is 110 Å². The van der Waals surface area contributed by atoms with Gasteiger partial charge in [0.1, 0.15) is 0 Å². The molecule has 0 aromatic carbocycles. The predicted octanol–water partition coefficient (Wildman–Crippen LogP) is 2.36. The first-order chi connectivity index (χ1) is 8.81. The molecule has 0 aliphatic heterocycles. The maximum atomic E-state index is 4.48. The van der Waals surface area contributed by atoms with Crippen molar-refractivity contribution in [3.05, 3.63) is 18.0 Å². The topological polar surface area (TPSA) is 41.1 Å². The molecule has 0 saturated heterocycles. The molecule has 18 heavy (non-hydrogen) atoms. The summed E-state index contributed by atoms with van der Waals surface area (Å²) in [5.74, 6) is 0.863. The van der Waals surface area contributed by atoms with Crippen molar-refractivity contribution in [1.29, 1.82) is 0 Å². The molecule has 4 nitrogen and oxygen atoms in total. The van der Waals surface area contributed by atoms with Crippen molar-refractivity contribution in [2.75, 3.05) is 19.0 Å². The fraction of sp³-hybridized carbons (Fsp3) is 0.714. The van der Waals surface area contributed by atoms with Crippen LogP contribution in [0.4, 0.5) is 5.95 Å². The third-order valence-corrected chi connectivity index (χ3v) is 3.76. The van der Waals surface area contributed by atoms with Crippen molar-refractivity contribution in [2.24, 2.45) is 0 Å². The molecular formula is C14H24N4. The lowest BCUT2D eigenvalue weighted by Gasteiger charge is -2.27. The second-order valence-electron chi connectivity index (χ2n) is 5.18. The summed E-state index contributed by atoms with van der Waals surface area (Å²) in [5.41, 5.74) is 1.13. The highest BCUT2D eigenvalue weighted by atomic mass is 15.2. The van der Waals surface area contributed by atoms with Gasteiger partial charge in [0.05, 0.1) is 0 Å². The van der Waals surface area contributed by atoms with Gasteiger partial charge in [-0.1, -0.05) is 25.7 Å². The summed E-state index contributed by atoms with van der Waals surface area (Å²) >= 11 is 0. The standard InChI is InChI=1S/C14H24N4/c1-15-9-12-10-16-14(17-11-12)18(2)13-7-5-3-4-6-8-13/h10-11,13,15H,3-9H2,1-2H3. The molecule has 4 heteroatoms. The second-order valence-corrected chi connectivity index (χ2v) is 5.18. The van der Waals surface area contributed by atoms with Crippen molar-refractivity contribution in [3.8, 4) is 0 Å². The zero-order chi connectivity index (χ0) is 12.8. The van der Waals surface area contributed by atoms with Crippen LogP contribution in [0.5, 0.6) is 0 Å². The summed E-state index contributed by atoms with van der Waals surface area (Å²) in [6, 6.07) is 0.614. The van der Waals surface area contributed by atoms with Crippen LogP contribution in [0.1, 0.15) is 44.1 Å². The van der Waals surface area contributed by atoms with E-state index in [1.807, 2.05) is 19.4 Å². The molecule has 100 valence electrons. The van der Waals surface area contributed by atoms with E-state index in [0.29, 0.717) is 6.04 Å². The number of aromatic nitrogens is 2. The van der Waals surface area contributed by atoms with E-state index in [2.05, 4.69) is 27.2 Å². The van der Waals surface area contributed by atoms with Crippen molar-refractivity contribution >= 4 is 5.95 Å². The first kappa shape index (κ1) is 13.3. The highest BCUT2D eigenvalue weighted by Gasteiger charge is 2.18. The Morgan fingerprint density at radius 1 is 1.17 bits per heavy atom. The minimum absolute atomic E-state index is 0.614. The van der Waals surface area contributed by atoms with Crippen LogP contribution in [-0.2, 0) is 6.54 Å². The molecule has 1 N–H and O–H groups in total. The molecule has 0 atom stereocenters. The van der Waals surface area contributed by atoms with E-state index in [0.717, 1.165) is 18.1 Å². The Balaban J connectivity index is 2.00. The summed E-state index contributed by atoms with van der Waals surface area (Å²) in [6.45, 7) is 0.827. The lowest BCUT2D eigenvalue weighted by Crippen LogP contribution is -2.32. The monoisotopic (exact) mass is 248 g/mol. The maximum absolute atomic E-state index is 4.48. The molecule has 1 aromatic rings. The average Bonchev–Trinajstić information content (AvgIpc) is 2.68. The fourth-order valence-corrected chi connectivity index (χ4v) is 2.63. The van der Waals surface area contributed by atoms with E-state index < -0.39 is 0 Å². The van der Waals surface area contributed by atoms with Crippen LogP contribution in [0.3, 0.4) is 0 Å². The number of hydrogen-bond donors (Lipinski definition) is 1. The Morgan fingerprint density at radius 3 is 2.33 bits per heavy atom. The minimum Gasteiger partial charge on any atom is -0.341 e. The summed E-state index contributed by atoms with van der Waals surface area (Å²) in [4.78, 5) is 11.2. The first-order valence-electron chi connectivity index (χ1n) is 6.99. The summed E-state index contributed by atoms with van der Waals surface area (Å²) in [7, 11) is 4.06. The molecule has 0 amide bonds. The van der Waals surface area contributed by atoms with E-state index in [9.17, 15) is 0 Å². The van der Waals surface area contributed by atoms with Crippen LogP contribution in [0.15, 0.2) is 12.4 Å². The average molecular weight is 248 g/mol. The highest BCUT2D eigenvalue weighted by molar-refractivity contribution is 5.30. The Morgan fingerprint density at radius 2 is 1.78 bits per heavy atom. The number of nitrogens with one attached hydrogen (secondary N) is 1. The molecule has 2 rings (SSSR count). The smallest absolute Gasteiger partial charge is 0.225 e. The van der Waals surface area contributed by atoms with Gasteiger partial charge in [-0.15, -0.1) is 0 Å². The minimum atomic E-state index is 0.614. The Kier molecular flexibility index (Phi) is 4.93. The molecule has 1 fully saturated rings. The van der Waals surface area contributed by atoms with Crippen molar-refractivity contribution in [2.45, 2.75) is 51.1 Å². The Bertz CT molecular complexity index is 341. The van der Waals surface area contributed by atoms with Gasteiger partial charge in [0.25, 0.3) is 0 Å². The van der Waals surface area contributed by atoms with Gasteiger partial charge in [-0.3, -0.25) is 0 Å². The summed E-state index contributed by atoms with van der Waals surface area (Å²) in [5, 5.41) is 3.11. The zero-order valence-electron chi connectivity index (χ0n) is 11.5. The van der Waals surface area contributed by atoms with Crippen LogP contribution in [0, 0.1) is 0 Å². The van der Waals surface area contributed by atoms with E-state index >= 15 is 0 Å². The highest BCUT2D eigenvalue weighted by Crippen LogP contribution is 2.23. The number of hydrogen-bond acceptors (Lipinski definition) is 4. The third kappa shape index (κ3) is 3.42. The van der Waals surface area contributed by atoms with Crippen LogP contribution in [-0.4, -0.2) is 30.1 Å². The van der Waals surface area contributed by atoms with Gasteiger partial charge in [0.15, 0.2) is 0 Å². The van der Waals surface area contributed by atoms with E-state index in [1.54, 1.807) is 0 Å². The van der Waals surface area contributed by atoms with E-state index in [-0.39, 0.29) is 0 Å². The number of rotatable bonds is 4. The summed E-state index contributed by atoms with van der Waals surface area (Å²) < 4.78 is 0. The molecule has 1 aliphatic carbocycles. The maximum Gasteiger partial charge on any atom is 0.225 e. The van der Waals surface area contributed by atoms with Gasteiger partial charge in [-0.2, -0.15) is 0 Å². The van der Waals surface area contributed by atoms with Gasteiger partial charge in [-0.25, -0.2) is 9.97 Å². The number of anilines is 1. The Hall–Kier alpha value is -1.16. The molecule has 1 saturated carbocycles. The van der Waals surface area contributed by atoms with Crippen molar-refractivity contribution in [3.63, 3.8) is 0 Å². The van der Waals surface area contributed by atoms with Gasteiger partial charge < -0.3 is 10.2 Å². The fourth-order valence-electron chi connectivity index (χ4n) is 2.63. The van der Waals surface area contributed by atoms with E-state index in [1.165, 1.54) is 38.5 Å². The van der Waals surface area contributed by atoms with Gasteiger partial charge in [0.2, 0.25) is 5.95 Å². The molecule has 1 heterocycles. The van der Waals surface area contributed by atoms with E-state index in [4.69, 9.17) is 0 Å². The molecule has 1 aliphatic rings. The van der Waals surface area contributed by atoms with Crippen LogP contribution < -0.4 is 10.2 Å². The van der Waals surface area contributed by atoms with Crippen molar-refractivity contribution < 1.29 is 0 Å². The van der Waals surface area contributed by atoms with Crippen LogP contribution in [0.2, 0.25) is 0 Å². The zero-order valence-corrected chi connectivity index (χ0v) is 11.5. The molecule has 0 spiro atoms. The molecule has 0 radical (unpaired) electrons. The molecular weight excluding hydrogens is 224 g/mol. The van der Waals surface area contributed by atoms with Gasteiger partial charge in [0, 0.05) is 37.6 Å². The molecule has 0 unspecified atom stereocenters. The molecule has 0 bridgehead atoms. The second kappa shape index (κ2) is 6.69. The lowest BCUT2D eigenvalue weighted by molar-refractivity contribution is 0.544. The normalized spacial score (nSPS) is 17.4. The SMILES string of the molecule is CNCc1cnc(N(C)C2CCCCCC2)nc1. The molecule has 1 aromatic heterocycles. The van der Waals surface area contributed by atoms with Crippen molar-refractivity contribution in [1.82, 2.24) is 15.3 Å². The first-order valence-corrected chi connectivity index (χ1v) is 6.99. The summed E-state index contributed by atoms with van der Waals surface area (Å²) in [6.07, 6.45) is 11.8. The van der Waals surface area contributed by atoms with Crippen LogP contribution >= 0.6 is 0 Å². The largest absolute Gasteiger partial charge is 0.341 e. The number of nitrogens with zero attached hydrogens (tertiary/aromatic N) is 3. The van der Waals surface area contributed by atoms with Gasteiger partial charge >= 0.3 is 0 Å². The van der Waals surface area contributed by atoms with Gasteiger partial charge in [-0.05, 0) is 19.9 Å². The quantitative estimate of drug-likeness (QED) is 0.831. The van der Waals surface area contributed by atoms with Crippen LogP contribution in [0.25, 0.3) is 0 Å². The predicted molar refractivity (Wildman–Crippen MR) is 74.7 cm³/mol. The third-order valence-electron chi connectivity index (χ3n) is 3.76.